The van der Waals surface area contributed by atoms with E-state index in [1.807, 2.05) is 12.1 Å². The van der Waals surface area contributed by atoms with Crippen LogP contribution in [-0.4, -0.2) is 47.8 Å². The number of alkyl carbamates (subject to hydrolysis) is 1. The van der Waals surface area contributed by atoms with E-state index in [0.29, 0.717) is 24.5 Å². The molecule has 0 spiro atoms. The van der Waals surface area contributed by atoms with E-state index < -0.39 is 18.9 Å². The number of hydrogen-bond donors (Lipinski definition) is 2. The molecule has 0 saturated heterocycles. The summed E-state index contributed by atoms with van der Waals surface area (Å²) < 4.78 is 39.9. The molecule has 2 amide bonds. The van der Waals surface area contributed by atoms with Gasteiger partial charge in [0, 0.05) is 59.7 Å². The minimum Gasteiger partial charge on any atom is -0.440 e. The molecule has 1 aromatic carbocycles. The summed E-state index contributed by atoms with van der Waals surface area (Å²) >= 11 is 6.05. The van der Waals surface area contributed by atoms with Gasteiger partial charge in [0.2, 0.25) is 5.91 Å². The first-order valence-corrected chi connectivity index (χ1v) is 8.65. The lowest BCUT2D eigenvalue weighted by Gasteiger charge is -2.27. The monoisotopic (exact) mass is 403 g/mol. The van der Waals surface area contributed by atoms with Gasteiger partial charge in [-0.25, -0.2) is 4.79 Å². The van der Waals surface area contributed by atoms with Gasteiger partial charge in [-0.15, -0.1) is 0 Å². The van der Waals surface area contributed by atoms with Gasteiger partial charge in [-0.05, 0) is 18.2 Å². The minimum atomic E-state index is -4.58. The number of carbonyl (C=O) groups is 2. The molecule has 1 aromatic heterocycles. The Balaban J connectivity index is 1.53. The van der Waals surface area contributed by atoms with E-state index in [1.54, 1.807) is 11.0 Å². The molecular weight excluding hydrogens is 387 g/mol. The Kier molecular flexibility index (Phi) is 5.50. The van der Waals surface area contributed by atoms with E-state index in [4.69, 9.17) is 11.6 Å². The third-order valence-electron chi connectivity index (χ3n) is 4.27. The van der Waals surface area contributed by atoms with E-state index >= 15 is 0 Å². The number of amides is 2. The predicted molar refractivity (Wildman–Crippen MR) is 92.5 cm³/mol. The van der Waals surface area contributed by atoms with Crippen molar-refractivity contribution in [3.05, 3.63) is 34.5 Å². The molecule has 3 rings (SSSR count). The summed E-state index contributed by atoms with van der Waals surface area (Å²) in [6.45, 7) is -0.832. The van der Waals surface area contributed by atoms with E-state index in [9.17, 15) is 22.8 Å². The molecule has 10 heteroatoms. The van der Waals surface area contributed by atoms with Crippen LogP contribution in [0.25, 0.3) is 10.9 Å². The van der Waals surface area contributed by atoms with Crippen molar-refractivity contribution in [1.29, 1.82) is 0 Å². The summed E-state index contributed by atoms with van der Waals surface area (Å²) in [6.07, 6.45) is -5.15. The van der Waals surface area contributed by atoms with Crippen molar-refractivity contribution in [2.24, 2.45) is 0 Å². The van der Waals surface area contributed by atoms with Crippen molar-refractivity contribution >= 4 is 34.5 Å². The van der Waals surface area contributed by atoms with Crippen LogP contribution in [0.4, 0.5) is 18.0 Å². The summed E-state index contributed by atoms with van der Waals surface area (Å²) in [5.41, 5.74) is 3.02. The van der Waals surface area contributed by atoms with Crippen LogP contribution in [0.5, 0.6) is 0 Å². The Hall–Kier alpha value is -2.42. The van der Waals surface area contributed by atoms with Crippen molar-refractivity contribution in [2.45, 2.75) is 25.6 Å². The van der Waals surface area contributed by atoms with Crippen LogP contribution in [-0.2, 0) is 22.5 Å². The fourth-order valence-corrected chi connectivity index (χ4v) is 3.20. The molecule has 1 aliphatic heterocycles. The normalized spacial score (nSPS) is 14.1. The first-order chi connectivity index (χ1) is 12.7. The zero-order chi connectivity index (χ0) is 19.6. The molecule has 0 radical (unpaired) electrons. The van der Waals surface area contributed by atoms with Gasteiger partial charge in [0.15, 0.2) is 6.61 Å². The third-order valence-corrected chi connectivity index (χ3v) is 4.50. The lowest BCUT2D eigenvalue weighted by Crippen LogP contribution is -2.38. The lowest BCUT2D eigenvalue weighted by atomic mass is 10.0. The molecule has 6 nitrogen and oxygen atoms in total. The molecule has 2 N–H and O–H groups in total. The molecule has 1 aliphatic rings. The van der Waals surface area contributed by atoms with Crippen LogP contribution in [0.3, 0.4) is 0 Å². The van der Waals surface area contributed by atoms with Gasteiger partial charge in [-0.3, -0.25) is 4.79 Å². The van der Waals surface area contributed by atoms with Crippen LogP contribution >= 0.6 is 11.6 Å². The molecule has 0 fully saturated rings. The Morgan fingerprint density at radius 3 is 2.85 bits per heavy atom. The minimum absolute atomic E-state index is 0.0282. The average Bonchev–Trinajstić information content (AvgIpc) is 2.96. The maximum absolute atomic E-state index is 12.3. The fraction of sp³-hybridized carbons (Fsp3) is 0.412. The van der Waals surface area contributed by atoms with Gasteiger partial charge < -0.3 is 19.9 Å². The van der Waals surface area contributed by atoms with E-state index in [0.717, 1.165) is 22.2 Å². The first kappa shape index (κ1) is 19.3. The van der Waals surface area contributed by atoms with Crippen molar-refractivity contribution in [1.82, 2.24) is 15.2 Å². The smallest absolute Gasteiger partial charge is 0.422 e. The highest BCUT2D eigenvalue weighted by molar-refractivity contribution is 6.31. The molecule has 0 unspecified atom stereocenters. The first-order valence-electron chi connectivity index (χ1n) is 8.27. The van der Waals surface area contributed by atoms with Gasteiger partial charge in [0.25, 0.3) is 0 Å². The van der Waals surface area contributed by atoms with Crippen LogP contribution in [0.2, 0.25) is 5.02 Å². The zero-order valence-electron chi connectivity index (χ0n) is 14.2. The number of alkyl halides is 3. The number of nitrogens with one attached hydrogen (secondary N) is 2. The fourth-order valence-electron chi connectivity index (χ4n) is 3.03. The molecule has 0 atom stereocenters. The second-order valence-electron chi connectivity index (χ2n) is 6.21. The standard InChI is InChI=1S/C17H17ClF3N3O3/c18-10-1-2-13-11(7-10)12-8-24(6-4-14(12)23-13)15(25)3-5-22-16(26)27-9-17(19,20)21/h1-2,7,23H,3-6,8-9H2,(H,22,26). The van der Waals surface area contributed by atoms with E-state index in [1.165, 1.54) is 0 Å². The van der Waals surface area contributed by atoms with Crippen molar-refractivity contribution in [3.63, 3.8) is 0 Å². The number of ether oxygens (including phenoxy) is 1. The number of fused-ring (bicyclic) bond motifs is 3. The predicted octanol–water partition coefficient (Wildman–Crippen LogP) is 3.38. The number of H-pyrrole nitrogens is 1. The Bertz CT molecular complexity index is 866. The Labute approximate surface area is 157 Å². The summed E-state index contributed by atoms with van der Waals surface area (Å²) in [7, 11) is 0. The highest BCUT2D eigenvalue weighted by atomic mass is 35.5. The zero-order valence-corrected chi connectivity index (χ0v) is 14.9. The molecule has 0 saturated carbocycles. The largest absolute Gasteiger partial charge is 0.440 e. The summed E-state index contributed by atoms with van der Waals surface area (Å²) in [6, 6.07) is 5.52. The molecule has 27 heavy (non-hydrogen) atoms. The number of hydrogen-bond acceptors (Lipinski definition) is 3. The molecule has 146 valence electrons. The van der Waals surface area contributed by atoms with Crippen LogP contribution < -0.4 is 5.32 Å². The molecular formula is C17H17ClF3N3O3. The van der Waals surface area contributed by atoms with Gasteiger partial charge in [-0.1, -0.05) is 11.6 Å². The van der Waals surface area contributed by atoms with Crippen LogP contribution in [0.15, 0.2) is 18.2 Å². The Morgan fingerprint density at radius 2 is 2.11 bits per heavy atom. The highest BCUT2D eigenvalue weighted by Gasteiger charge is 2.29. The molecule has 0 bridgehead atoms. The van der Waals surface area contributed by atoms with Gasteiger partial charge in [0.1, 0.15) is 0 Å². The Morgan fingerprint density at radius 1 is 1.33 bits per heavy atom. The summed E-state index contributed by atoms with van der Waals surface area (Å²) in [5, 5.41) is 3.71. The molecule has 0 aliphatic carbocycles. The second kappa shape index (κ2) is 7.67. The maximum atomic E-state index is 12.3. The van der Waals surface area contributed by atoms with Crippen LogP contribution in [0, 0.1) is 0 Å². The topological polar surface area (TPSA) is 74.4 Å². The second-order valence-corrected chi connectivity index (χ2v) is 6.64. The van der Waals surface area contributed by atoms with Gasteiger partial charge in [0.05, 0.1) is 0 Å². The number of benzene rings is 1. The van der Waals surface area contributed by atoms with Crippen molar-refractivity contribution < 1.29 is 27.5 Å². The third kappa shape index (κ3) is 4.85. The lowest BCUT2D eigenvalue weighted by molar-refractivity contribution is -0.160. The maximum Gasteiger partial charge on any atom is 0.422 e. The average molecular weight is 404 g/mol. The van der Waals surface area contributed by atoms with Gasteiger partial charge in [-0.2, -0.15) is 13.2 Å². The number of aromatic nitrogens is 1. The SMILES string of the molecule is O=C(NCCC(=O)N1CCc2[nH]c3ccc(Cl)cc3c2C1)OCC(F)(F)F. The summed E-state index contributed by atoms with van der Waals surface area (Å²) in [5.74, 6) is -0.201. The number of carbonyl (C=O) groups excluding carboxylic acids is 2. The quantitative estimate of drug-likeness (QED) is 0.821. The van der Waals surface area contributed by atoms with Gasteiger partial charge >= 0.3 is 12.3 Å². The highest BCUT2D eigenvalue weighted by Crippen LogP contribution is 2.29. The number of rotatable bonds is 4. The molecule has 2 aromatic rings. The van der Waals surface area contributed by atoms with E-state index in [2.05, 4.69) is 15.0 Å². The van der Waals surface area contributed by atoms with Crippen molar-refractivity contribution in [3.8, 4) is 0 Å². The van der Waals surface area contributed by atoms with Crippen LogP contribution in [0.1, 0.15) is 17.7 Å². The van der Waals surface area contributed by atoms with Crippen molar-refractivity contribution in [2.75, 3.05) is 19.7 Å². The summed E-state index contributed by atoms with van der Waals surface area (Å²) in [4.78, 5) is 28.5. The number of aromatic amines is 1. The molecule has 2 heterocycles. The number of nitrogens with zero attached hydrogens (tertiary/aromatic N) is 1. The number of halogens is 4. The van der Waals surface area contributed by atoms with E-state index in [-0.39, 0.29) is 18.9 Å².